The van der Waals surface area contributed by atoms with Gasteiger partial charge in [0.2, 0.25) is 0 Å². The number of aromatic amines is 1. The first-order valence-electron chi connectivity index (χ1n) is 5.12. The quantitative estimate of drug-likeness (QED) is 0.803. The van der Waals surface area contributed by atoms with Gasteiger partial charge in [0.25, 0.3) is 5.91 Å². The molecule has 2 aromatic rings. The summed E-state index contributed by atoms with van der Waals surface area (Å²) in [5.74, 6) is -0.576. The van der Waals surface area contributed by atoms with Crippen LogP contribution >= 0.6 is 22.6 Å². The number of hydrogen-bond acceptors (Lipinski definition) is 3. The van der Waals surface area contributed by atoms with E-state index in [0.29, 0.717) is 3.57 Å². The number of ether oxygens (including phenoxy) is 1. The fraction of sp³-hybridized carbons (Fsp3) is 0.0909. The highest BCUT2D eigenvalue weighted by Gasteiger charge is 2.15. The Morgan fingerprint density at radius 2 is 2.16 bits per heavy atom. The first-order valence-corrected chi connectivity index (χ1v) is 6.20. The zero-order chi connectivity index (χ0) is 13.8. The molecule has 0 aliphatic heterocycles. The lowest BCUT2D eigenvalue weighted by Crippen LogP contribution is -2.15. The largest absolute Gasteiger partial charge is 0.433 e. The molecule has 1 amide bonds. The molecular formula is C11H8F2IN3O2. The van der Waals surface area contributed by atoms with Crippen LogP contribution in [0.15, 0.2) is 30.5 Å². The number of aromatic nitrogens is 2. The van der Waals surface area contributed by atoms with Gasteiger partial charge in [-0.25, -0.2) is 0 Å². The van der Waals surface area contributed by atoms with E-state index in [1.165, 1.54) is 24.4 Å². The first kappa shape index (κ1) is 13.7. The van der Waals surface area contributed by atoms with Crippen LogP contribution in [0.5, 0.6) is 5.75 Å². The van der Waals surface area contributed by atoms with Crippen LogP contribution in [0, 0.1) is 3.57 Å². The molecular weight excluding hydrogens is 371 g/mol. The monoisotopic (exact) mass is 379 g/mol. The Morgan fingerprint density at radius 1 is 1.42 bits per heavy atom. The fourth-order valence-corrected chi connectivity index (χ4v) is 1.89. The van der Waals surface area contributed by atoms with Crippen molar-refractivity contribution in [2.45, 2.75) is 6.61 Å². The molecule has 2 rings (SSSR count). The van der Waals surface area contributed by atoms with E-state index in [4.69, 9.17) is 0 Å². The molecule has 0 bridgehead atoms. The Morgan fingerprint density at radius 3 is 2.79 bits per heavy atom. The molecule has 100 valence electrons. The van der Waals surface area contributed by atoms with Crippen LogP contribution in [-0.2, 0) is 0 Å². The second-order valence-electron chi connectivity index (χ2n) is 3.42. The van der Waals surface area contributed by atoms with Crippen molar-refractivity contribution in [3.63, 3.8) is 0 Å². The number of amides is 1. The van der Waals surface area contributed by atoms with Gasteiger partial charge in [-0.2, -0.15) is 13.9 Å². The molecule has 0 aliphatic carbocycles. The summed E-state index contributed by atoms with van der Waals surface area (Å²) in [6.45, 7) is -2.95. The van der Waals surface area contributed by atoms with E-state index in [-0.39, 0.29) is 17.1 Å². The van der Waals surface area contributed by atoms with Crippen molar-refractivity contribution < 1.29 is 18.3 Å². The summed E-state index contributed by atoms with van der Waals surface area (Å²) in [4.78, 5) is 11.9. The zero-order valence-electron chi connectivity index (χ0n) is 9.36. The van der Waals surface area contributed by atoms with Gasteiger partial charge in [0.05, 0.1) is 15.5 Å². The maximum Gasteiger partial charge on any atom is 0.387 e. The van der Waals surface area contributed by atoms with Crippen LogP contribution in [0.3, 0.4) is 0 Å². The van der Waals surface area contributed by atoms with Crippen molar-refractivity contribution in [2.75, 3.05) is 5.32 Å². The number of alkyl halides is 2. The van der Waals surface area contributed by atoms with Gasteiger partial charge in [-0.1, -0.05) is 12.1 Å². The maximum absolute atomic E-state index is 12.2. The lowest BCUT2D eigenvalue weighted by atomic mass is 10.3. The van der Waals surface area contributed by atoms with E-state index < -0.39 is 12.5 Å². The Bertz CT molecular complexity index is 589. The first-order chi connectivity index (χ1) is 9.08. The number of halogens is 3. The molecule has 0 saturated heterocycles. The van der Waals surface area contributed by atoms with Gasteiger partial charge in [0.1, 0.15) is 11.4 Å². The van der Waals surface area contributed by atoms with Crippen molar-refractivity contribution in [2.24, 2.45) is 0 Å². The summed E-state index contributed by atoms with van der Waals surface area (Å²) in [6, 6.07) is 5.96. The maximum atomic E-state index is 12.2. The molecule has 8 heteroatoms. The molecule has 0 unspecified atom stereocenters. The molecule has 1 aromatic heterocycles. The third-order valence-corrected chi connectivity index (χ3v) is 2.99. The van der Waals surface area contributed by atoms with E-state index in [0.717, 1.165) is 0 Å². The Balaban J connectivity index is 2.19. The summed E-state index contributed by atoms with van der Waals surface area (Å²) in [6.07, 6.45) is 1.48. The third-order valence-electron chi connectivity index (χ3n) is 2.17. The smallest absolute Gasteiger partial charge is 0.387 e. The minimum Gasteiger partial charge on any atom is -0.433 e. The molecule has 19 heavy (non-hydrogen) atoms. The third kappa shape index (κ3) is 3.40. The van der Waals surface area contributed by atoms with Crippen LogP contribution in [0.4, 0.5) is 14.5 Å². The number of nitrogens with one attached hydrogen (secondary N) is 2. The van der Waals surface area contributed by atoms with Crippen LogP contribution in [0.25, 0.3) is 0 Å². The van der Waals surface area contributed by atoms with Crippen LogP contribution in [-0.4, -0.2) is 22.7 Å². The summed E-state index contributed by atoms with van der Waals surface area (Å²) < 4.78 is 29.4. The number of anilines is 1. The van der Waals surface area contributed by atoms with Crippen molar-refractivity contribution in [3.05, 3.63) is 39.7 Å². The van der Waals surface area contributed by atoms with E-state index in [2.05, 4.69) is 20.3 Å². The highest BCUT2D eigenvalue weighted by Crippen LogP contribution is 2.26. The standard InChI is InChI=1S/C11H8F2IN3O2/c12-11(13)19-8-4-2-1-3-7(8)16-10(18)9-6(14)5-15-17-9/h1-5,11H,(H,15,17)(H,16,18). The molecule has 5 nitrogen and oxygen atoms in total. The number of carbonyl (C=O) groups excluding carboxylic acids is 1. The Kier molecular flexibility index (Phi) is 4.30. The van der Waals surface area contributed by atoms with Gasteiger partial charge in [0.15, 0.2) is 0 Å². The zero-order valence-corrected chi connectivity index (χ0v) is 11.5. The van der Waals surface area contributed by atoms with E-state index >= 15 is 0 Å². The van der Waals surface area contributed by atoms with Gasteiger partial charge in [-0.15, -0.1) is 0 Å². The summed E-state index contributed by atoms with van der Waals surface area (Å²) >= 11 is 1.94. The predicted molar refractivity (Wildman–Crippen MR) is 72.3 cm³/mol. The molecule has 0 atom stereocenters. The lowest BCUT2D eigenvalue weighted by molar-refractivity contribution is -0.0493. The van der Waals surface area contributed by atoms with Crippen LogP contribution in [0.2, 0.25) is 0 Å². The predicted octanol–water partition coefficient (Wildman–Crippen LogP) is 2.87. The van der Waals surface area contributed by atoms with Gasteiger partial charge >= 0.3 is 6.61 Å². The van der Waals surface area contributed by atoms with Crippen molar-refractivity contribution in [1.82, 2.24) is 10.2 Å². The highest BCUT2D eigenvalue weighted by molar-refractivity contribution is 14.1. The number of carbonyl (C=O) groups is 1. The minimum atomic E-state index is -2.95. The number of hydrogen-bond donors (Lipinski definition) is 2. The van der Waals surface area contributed by atoms with Crippen LogP contribution in [0.1, 0.15) is 10.5 Å². The minimum absolute atomic E-state index is 0.0969. The molecule has 0 aliphatic rings. The Hall–Kier alpha value is -1.71. The highest BCUT2D eigenvalue weighted by atomic mass is 127. The van der Waals surface area contributed by atoms with Crippen molar-refractivity contribution >= 4 is 34.2 Å². The number of nitrogens with zero attached hydrogens (tertiary/aromatic N) is 1. The van der Waals surface area contributed by atoms with Crippen LogP contribution < -0.4 is 10.1 Å². The average molecular weight is 379 g/mol. The molecule has 2 N–H and O–H groups in total. The van der Waals surface area contributed by atoms with Crippen molar-refractivity contribution in [3.8, 4) is 5.75 Å². The summed E-state index contributed by atoms with van der Waals surface area (Å²) in [7, 11) is 0. The normalized spacial score (nSPS) is 10.5. The second kappa shape index (κ2) is 5.95. The number of para-hydroxylation sites is 2. The summed E-state index contributed by atoms with van der Waals surface area (Å²) in [5.41, 5.74) is 0.422. The summed E-state index contributed by atoms with van der Waals surface area (Å²) in [5, 5.41) is 8.72. The fourth-order valence-electron chi connectivity index (χ4n) is 1.38. The van der Waals surface area contributed by atoms with Crippen molar-refractivity contribution in [1.29, 1.82) is 0 Å². The van der Waals surface area contributed by atoms with Gasteiger partial charge in [-0.05, 0) is 34.7 Å². The SMILES string of the molecule is O=C(Nc1ccccc1OC(F)F)c1[nH]ncc1I. The molecule has 1 aromatic carbocycles. The number of rotatable bonds is 4. The van der Waals surface area contributed by atoms with Gasteiger partial charge in [-0.3, -0.25) is 9.89 Å². The molecule has 0 radical (unpaired) electrons. The molecule has 0 saturated carbocycles. The molecule has 0 spiro atoms. The average Bonchev–Trinajstić information content (AvgIpc) is 2.77. The van der Waals surface area contributed by atoms with E-state index in [1.54, 1.807) is 6.07 Å². The number of benzene rings is 1. The van der Waals surface area contributed by atoms with E-state index in [1.807, 2.05) is 22.6 Å². The second-order valence-corrected chi connectivity index (χ2v) is 4.58. The molecule has 1 heterocycles. The number of H-pyrrole nitrogens is 1. The van der Waals surface area contributed by atoms with Gasteiger partial charge < -0.3 is 10.1 Å². The lowest BCUT2D eigenvalue weighted by Gasteiger charge is -2.11. The molecule has 0 fully saturated rings. The Labute approximate surface area is 120 Å². The topological polar surface area (TPSA) is 67.0 Å². The van der Waals surface area contributed by atoms with Gasteiger partial charge in [0, 0.05) is 0 Å². The van der Waals surface area contributed by atoms with E-state index in [9.17, 15) is 13.6 Å².